The van der Waals surface area contributed by atoms with Crippen molar-refractivity contribution in [2.45, 2.75) is 39.5 Å². The van der Waals surface area contributed by atoms with Gasteiger partial charge in [-0.25, -0.2) is 8.78 Å². The predicted octanol–water partition coefficient (Wildman–Crippen LogP) is 3.96. The van der Waals surface area contributed by atoms with E-state index in [0.717, 1.165) is 6.42 Å². The zero-order chi connectivity index (χ0) is 10.9. The Labute approximate surface area is 84.0 Å². The summed E-state index contributed by atoms with van der Waals surface area (Å²) in [4.78, 5) is 0. The predicted molar refractivity (Wildman–Crippen MR) is 54.4 cm³/mol. The van der Waals surface area contributed by atoms with Gasteiger partial charge in [-0.15, -0.1) is 0 Å². The van der Waals surface area contributed by atoms with E-state index >= 15 is 0 Å². The standard InChI is InChI=1S/C12H16F2/c1-5-12(3,4)9-6-7-10(13)8(2)11(9)14/h6-7H,5H2,1-4H3. The summed E-state index contributed by atoms with van der Waals surface area (Å²) < 4.78 is 26.7. The average Bonchev–Trinajstić information content (AvgIpc) is 2.14. The molecule has 1 aromatic rings. The maximum Gasteiger partial charge on any atom is 0.132 e. The second-order valence-corrected chi connectivity index (χ2v) is 4.27. The van der Waals surface area contributed by atoms with Crippen LogP contribution in [-0.4, -0.2) is 0 Å². The van der Waals surface area contributed by atoms with Crippen LogP contribution in [0.4, 0.5) is 8.78 Å². The highest BCUT2D eigenvalue weighted by Crippen LogP contribution is 2.30. The molecular weight excluding hydrogens is 182 g/mol. The van der Waals surface area contributed by atoms with E-state index in [2.05, 4.69) is 0 Å². The van der Waals surface area contributed by atoms with E-state index in [1.165, 1.54) is 13.0 Å². The molecule has 14 heavy (non-hydrogen) atoms. The zero-order valence-corrected chi connectivity index (χ0v) is 9.12. The normalized spacial score (nSPS) is 11.9. The zero-order valence-electron chi connectivity index (χ0n) is 9.12. The SMILES string of the molecule is CCC(C)(C)c1ccc(F)c(C)c1F. The lowest BCUT2D eigenvalue weighted by Gasteiger charge is -2.24. The molecule has 0 saturated carbocycles. The van der Waals surface area contributed by atoms with Crippen molar-refractivity contribution in [2.24, 2.45) is 0 Å². The molecular formula is C12H16F2. The third kappa shape index (κ3) is 1.79. The molecule has 1 rings (SSSR count). The number of rotatable bonds is 2. The summed E-state index contributed by atoms with van der Waals surface area (Å²) in [6.45, 7) is 7.39. The number of hydrogen-bond acceptors (Lipinski definition) is 0. The molecule has 0 aromatic heterocycles. The summed E-state index contributed by atoms with van der Waals surface area (Å²) in [6, 6.07) is 2.88. The van der Waals surface area contributed by atoms with Crippen molar-refractivity contribution in [3.05, 3.63) is 34.9 Å². The maximum atomic E-state index is 13.7. The van der Waals surface area contributed by atoms with E-state index < -0.39 is 11.6 Å². The molecule has 0 heterocycles. The lowest BCUT2D eigenvalue weighted by atomic mass is 9.81. The first-order valence-corrected chi connectivity index (χ1v) is 4.85. The van der Waals surface area contributed by atoms with Crippen molar-refractivity contribution in [1.29, 1.82) is 0 Å². The molecule has 0 radical (unpaired) electrons. The molecule has 2 heteroatoms. The second kappa shape index (κ2) is 3.68. The molecule has 0 aliphatic heterocycles. The van der Waals surface area contributed by atoms with Gasteiger partial charge in [0.15, 0.2) is 0 Å². The van der Waals surface area contributed by atoms with Gasteiger partial charge in [-0.2, -0.15) is 0 Å². The highest BCUT2D eigenvalue weighted by Gasteiger charge is 2.23. The van der Waals surface area contributed by atoms with Crippen LogP contribution in [0.1, 0.15) is 38.3 Å². The number of hydrogen-bond donors (Lipinski definition) is 0. The highest BCUT2D eigenvalue weighted by molar-refractivity contribution is 5.31. The van der Waals surface area contributed by atoms with Gasteiger partial charge in [-0.3, -0.25) is 0 Å². The van der Waals surface area contributed by atoms with Gasteiger partial charge >= 0.3 is 0 Å². The third-order valence-corrected chi connectivity index (χ3v) is 2.93. The van der Waals surface area contributed by atoms with E-state index in [-0.39, 0.29) is 11.0 Å². The van der Waals surface area contributed by atoms with E-state index in [4.69, 9.17) is 0 Å². The largest absolute Gasteiger partial charge is 0.207 e. The summed E-state index contributed by atoms with van der Waals surface area (Å²) in [6.07, 6.45) is 0.828. The Balaban J connectivity index is 3.31. The molecule has 0 aliphatic rings. The molecule has 1 aromatic carbocycles. The van der Waals surface area contributed by atoms with Crippen LogP contribution in [0.3, 0.4) is 0 Å². The van der Waals surface area contributed by atoms with Crippen LogP contribution in [0.25, 0.3) is 0 Å². The van der Waals surface area contributed by atoms with Crippen LogP contribution in [0.5, 0.6) is 0 Å². The van der Waals surface area contributed by atoms with Crippen molar-refractivity contribution < 1.29 is 8.78 Å². The molecule has 0 saturated heterocycles. The number of halogens is 2. The number of benzene rings is 1. The van der Waals surface area contributed by atoms with Crippen LogP contribution < -0.4 is 0 Å². The monoisotopic (exact) mass is 198 g/mol. The lowest BCUT2D eigenvalue weighted by Crippen LogP contribution is -2.18. The van der Waals surface area contributed by atoms with E-state index in [9.17, 15) is 8.78 Å². The molecule has 78 valence electrons. The van der Waals surface area contributed by atoms with Crippen LogP contribution in [0.15, 0.2) is 12.1 Å². The van der Waals surface area contributed by atoms with E-state index in [1.807, 2.05) is 20.8 Å². The first kappa shape index (κ1) is 11.2. The van der Waals surface area contributed by atoms with Gasteiger partial charge in [0.25, 0.3) is 0 Å². The Kier molecular flexibility index (Phi) is 2.93. The van der Waals surface area contributed by atoms with E-state index in [0.29, 0.717) is 5.56 Å². The second-order valence-electron chi connectivity index (χ2n) is 4.27. The van der Waals surface area contributed by atoms with Gasteiger partial charge in [0.2, 0.25) is 0 Å². The van der Waals surface area contributed by atoms with Crippen LogP contribution in [0, 0.1) is 18.6 Å². The summed E-state index contributed by atoms with van der Waals surface area (Å²) in [7, 11) is 0. The Morgan fingerprint density at radius 2 is 1.79 bits per heavy atom. The molecule has 0 atom stereocenters. The summed E-state index contributed by atoms with van der Waals surface area (Å²) in [5, 5.41) is 0. The smallest absolute Gasteiger partial charge is 0.132 e. The molecule has 0 amide bonds. The summed E-state index contributed by atoms with van der Waals surface area (Å²) in [5.74, 6) is -0.880. The Bertz CT molecular complexity index is 340. The molecule has 0 unspecified atom stereocenters. The fourth-order valence-electron chi connectivity index (χ4n) is 1.37. The van der Waals surface area contributed by atoms with Crippen molar-refractivity contribution in [2.75, 3.05) is 0 Å². The van der Waals surface area contributed by atoms with Crippen molar-refractivity contribution in [3.8, 4) is 0 Å². The van der Waals surface area contributed by atoms with Crippen molar-refractivity contribution in [3.63, 3.8) is 0 Å². The van der Waals surface area contributed by atoms with Gasteiger partial charge in [0.05, 0.1) is 0 Å². The molecule has 0 spiro atoms. The van der Waals surface area contributed by atoms with Gasteiger partial charge in [-0.1, -0.05) is 26.8 Å². The minimum Gasteiger partial charge on any atom is -0.207 e. The minimum absolute atomic E-state index is 0.115. The average molecular weight is 198 g/mol. The first-order chi connectivity index (χ1) is 6.40. The van der Waals surface area contributed by atoms with Crippen molar-refractivity contribution >= 4 is 0 Å². The minimum atomic E-state index is -0.474. The van der Waals surface area contributed by atoms with Crippen molar-refractivity contribution in [1.82, 2.24) is 0 Å². The highest BCUT2D eigenvalue weighted by atomic mass is 19.1. The van der Waals surface area contributed by atoms with Crippen LogP contribution in [0.2, 0.25) is 0 Å². The maximum absolute atomic E-state index is 13.7. The van der Waals surface area contributed by atoms with Gasteiger partial charge in [0.1, 0.15) is 11.6 Å². The van der Waals surface area contributed by atoms with E-state index in [1.54, 1.807) is 6.07 Å². The molecule has 0 bridgehead atoms. The van der Waals surface area contributed by atoms with Gasteiger partial charge < -0.3 is 0 Å². The van der Waals surface area contributed by atoms with Gasteiger partial charge in [0, 0.05) is 5.56 Å². The Morgan fingerprint density at radius 3 is 2.29 bits per heavy atom. The molecule has 0 aliphatic carbocycles. The Morgan fingerprint density at radius 1 is 1.21 bits per heavy atom. The Hall–Kier alpha value is -0.920. The lowest BCUT2D eigenvalue weighted by molar-refractivity contribution is 0.460. The fraction of sp³-hybridized carbons (Fsp3) is 0.500. The molecule has 0 fully saturated rings. The van der Waals surface area contributed by atoms with Crippen LogP contribution in [-0.2, 0) is 5.41 Å². The topological polar surface area (TPSA) is 0 Å². The first-order valence-electron chi connectivity index (χ1n) is 4.85. The molecule has 0 N–H and O–H groups in total. The molecule has 0 nitrogen and oxygen atoms in total. The van der Waals surface area contributed by atoms with Crippen LogP contribution >= 0.6 is 0 Å². The summed E-state index contributed by atoms with van der Waals surface area (Å²) >= 11 is 0. The quantitative estimate of drug-likeness (QED) is 0.674. The third-order valence-electron chi connectivity index (χ3n) is 2.93. The summed E-state index contributed by atoms with van der Waals surface area (Å²) in [5.41, 5.74) is 0.477. The van der Waals surface area contributed by atoms with Gasteiger partial charge in [-0.05, 0) is 30.4 Å². The fourth-order valence-corrected chi connectivity index (χ4v) is 1.37.